The molecule has 2 aromatic heterocycles. The molecule has 154 valence electrons. The Labute approximate surface area is 191 Å². The minimum absolute atomic E-state index is 0.631. The van der Waals surface area contributed by atoms with E-state index in [4.69, 9.17) is 4.98 Å². The molecular weight excluding hydrogens is 406 g/mol. The molecule has 1 aliphatic carbocycles. The van der Waals surface area contributed by atoms with Gasteiger partial charge in [0.2, 0.25) is 0 Å². The molecule has 0 amide bonds. The van der Waals surface area contributed by atoms with Gasteiger partial charge in [0.1, 0.15) is 0 Å². The second-order valence-electron chi connectivity index (χ2n) is 9.04. The summed E-state index contributed by atoms with van der Waals surface area (Å²) in [4.78, 5) is 5.25. The van der Waals surface area contributed by atoms with Crippen molar-refractivity contribution in [1.82, 2.24) is 4.98 Å². The Bertz CT molecular complexity index is 1640. The van der Waals surface area contributed by atoms with Crippen LogP contribution in [0, 0.1) is 0 Å². The van der Waals surface area contributed by atoms with Crippen molar-refractivity contribution >= 4 is 53.2 Å². The Kier molecular flexibility index (Phi) is 4.10. The predicted octanol–water partition coefficient (Wildman–Crippen LogP) is 9.08. The van der Waals surface area contributed by atoms with Gasteiger partial charge in [-0.15, -0.1) is 11.3 Å². The van der Waals surface area contributed by atoms with E-state index in [9.17, 15) is 0 Å². The van der Waals surface area contributed by atoms with Gasteiger partial charge in [0, 0.05) is 31.1 Å². The maximum absolute atomic E-state index is 5.25. The van der Waals surface area contributed by atoms with Gasteiger partial charge in [-0.3, -0.25) is 0 Å². The van der Waals surface area contributed by atoms with E-state index < -0.39 is 0 Å². The van der Waals surface area contributed by atoms with Crippen molar-refractivity contribution in [3.05, 3.63) is 90.5 Å². The highest BCUT2D eigenvalue weighted by Gasteiger charge is 2.22. The number of thiophene rings is 1. The summed E-state index contributed by atoms with van der Waals surface area (Å²) < 4.78 is 2.69. The second-order valence-corrected chi connectivity index (χ2v) is 10.1. The lowest BCUT2D eigenvalue weighted by Crippen LogP contribution is -1.98. The fourth-order valence-electron chi connectivity index (χ4n) is 5.68. The third-order valence-corrected chi connectivity index (χ3v) is 8.42. The first-order valence-electron chi connectivity index (χ1n) is 11.6. The van der Waals surface area contributed by atoms with Gasteiger partial charge < -0.3 is 0 Å². The first-order valence-corrected chi connectivity index (χ1v) is 12.4. The zero-order valence-electron chi connectivity index (χ0n) is 17.8. The number of nitrogens with zero attached hydrogens (tertiary/aromatic N) is 1. The van der Waals surface area contributed by atoms with Crippen LogP contribution in [0.3, 0.4) is 0 Å². The largest absolute Gasteiger partial charge is 0.248 e. The van der Waals surface area contributed by atoms with Gasteiger partial charge in [0.05, 0.1) is 11.2 Å². The maximum atomic E-state index is 5.25. The van der Waals surface area contributed by atoms with Crippen molar-refractivity contribution < 1.29 is 0 Å². The van der Waals surface area contributed by atoms with Crippen molar-refractivity contribution in [1.29, 1.82) is 0 Å². The van der Waals surface area contributed by atoms with E-state index in [1.54, 1.807) is 0 Å². The molecule has 0 aliphatic heterocycles. The van der Waals surface area contributed by atoms with Crippen LogP contribution in [0.5, 0.6) is 0 Å². The lowest BCUT2D eigenvalue weighted by atomic mass is 9.90. The monoisotopic (exact) mass is 429 g/mol. The fraction of sp³-hybridized carbons (Fsp3) is 0.167. The van der Waals surface area contributed by atoms with Crippen LogP contribution in [0.4, 0.5) is 0 Å². The number of rotatable bonds is 2. The fourth-order valence-corrected chi connectivity index (χ4v) is 6.91. The zero-order valence-corrected chi connectivity index (χ0v) is 18.7. The number of aromatic nitrogens is 1. The Balaban J connectivity index is 1.56. The molecule has 4 aromatic carbocycles. The number of hydrogen-bond acceptors (Lipinski definition) is 2. The van der Waals surface area contributed by atoms with Crippen molar-refractivity contribution in [3.8, 4) is 11.3 Å². The second kappa shape index (κ2) is 7.15. The molecular formula is C30H23NS. The van der Waals surface area contributed by atoms with E-state index in [-0.39, 0.29) is 0 Å². The molecule has 0 bridgehead atoms. The minimum Gasteiger partial charge on any atom is -0.248 e. The van der Waals surface area contributed by atoms with Gasteiger partial charge in [-0.05, 0) is 53.3 Å². The van der Waals surface area contributed by atoms with Crippen LogP contribution >= 0.6 is 11.3 Å². The van der Waals surface area contributed by atoms with Gasteiger partial charge in [0.15, 0.2) is 0 Å². The van der Waals surface area contributed by atoms with Crippen LogP contribution in [0.1, 0.15) is 37.2 Å². The molecule has 0 N–H and O–H groups in total. The first-order chi connectivity index (χ1) is 15.9. The molecule has 6 aromatic rings. The summed E-state index contributed by atoms with van der Waals surface area (Å²) in [6.07, 6.45) is 5.24. The summed E-state index contributed by atoms with van der Waals surface area (Å²) in [6.45, 7) is 0. The van der Waals surface area contributed by atoms with E-state index in [0.29, 0.717) is 5.92 Å². The van der Waals surface area contributed by atoms with Gasteiger partial charge in [0.25, 0.3) is 0 Å². The van der Waals surface area contributed by atoms with Gasteiger partial charge in [-0.1, -0.05) is 79.6 Å². The lowest BCUT2D eigenvalue weighted by Gasteiger charge is -2.17. The van der Waals surface area contributed by atoms with Gasteiger partial charge in [-0.25, -0.2) is 4.98 Å². The minimum atomic E-state index is 0.631. The SMILES string of the molecule is c1ccc2c(c1)ccc1nc(-c3cccc4c3sc3ccccc34)cc(C3CCCC3)c12. The average Bonchev–Trinajstić information content (AvgIpc) is 3.51. The van der Waals surface area contributed by atoms with Crippen molar-refractivity contribution in [3.63, 3.8) is 0 Å². The van der Waals surface area contributed by atoms with E-state index in [0.717, 1.165) is 11.2 Å². The molecule has 1 nitrogen and oxygen atoms in total. The molecule has 1 aliphatic rings. The third kappa shape index (κ3) is 2.73. The lowest BCUT2D eigenvalue weighted by molar-refractivity contribution is 0.729. The van der Waals surface area contributed by atoms with Crippen LogP contribution in [-0.4, -0.2) is 4.98 Å². The highest BCUT2D eigenvalue weighted by atomic mass is 32.1. The Morgan fingerprint density at radius 2 is 1.50 bits per heavy atom. The molecule has 2 heteroatoms. The molecule has 2 heterocycles. The molecule has 1 fully saturated rings. The first kappa shape index (κ1) is 18.4. The van der Waals surface area contributed by atoms with Crippen LogP contribution in [-0.2, 0) is 0 Å². The number of pyridine rings is 1. The van der Waals surface area contributed by atoms with Gasteiger partial charge >= 0.3 is 0 Å². The normalized spacial score (nSPS) is 14.9. The quantitative estimate of drug-likeness (QED) is 0.250. The summed E-state index contributed by atoms with van der Waals surface area (Å²) in [5.41, 5.74) is 5.00. The third-order valence-electron chi connectivity index (χ3n) is 7.20. The number of hydrogen-bond donors (Lipinski definition) is 0. The maximum Gasteiger partial charge on any atom is 0.0727 e. The average molecular weight is 430 g/mol. The standard InChI is InChI=1S/C30H23NS/c1-2-9-19(8-1)25-18-27(31-26-17-16-20-10-3-4-11-21(20)29(25)26)24-14-7-13-23-22-12-5-6-15-28(22)32-30(23)24/h3-7,10-19H,1-2,8-9H2. The number of fused-ring (bicyclic) bond motifs is 6. The molecule has 0 saturated heterocycles. The van der Waals surface area contributed by atoms with Crippen LogP contribution in [0.25, 0.3) is 53.1 Å². The molecule has 0 radical (unpaired) electrons. The van der Waals surface area contributed by atoms with Crippen molar-refractivity contribution in [2.45, 2.75) is 31.6 Å². The molecule has 0 spiro atoms. The van der Waals surface area contributed by atoms with E-state index >= 15 is 0 Å². The van der Waals surface area contributed by atoms with Crippen LogP contribution in [0.15, 0.2) is 84.9 Å². The van der Waals surface area contributed by atoms with Crippen LogP contribution in [0.2, 0.25) is 0 Å². The van der Waals surface area contributed by atoms with Crippen LogP contribution < -0.4 is 0 Å². The van der Waals surface area contributed by atoms with Crippen molar-refractivity contribution in [2.75, 3.05) is 0 Å². The van der Waals surface area contributed by atoms with E-state index in [1.165, 1.54) is 73.1 Å². The highest BCUT2D eigenvalue weighted by molar-refractivity contribution is 7.26. The number of benzene rings is 4. The molecule has 1 saturated carbocycles. The predicted molar refractivity (Wildman–Crippen MR) is 139 cm³/mol. The molecule has 32 heavy (non-hydrogen) atoms. The molecule has 7 rings (SSSR count). The Morgan fingerprint density at radius 3 is 2.41 bits per heavy atom. The molecule has 0 unspecified atom stereocenters. The summed E-state index contributed by atoms with van der Waals surface area (Å²) in [7, 11) is 0. The zero-order chi connectivity index (χ0) is 21.1. The van der Waals surface area contributed by atoms with E-state index in [1.807, 2.05) is 11.3 Å². The molecule has 0 atom stereocenters. The summed E-state index contributed by atoms with van der Waals surface area (Å²) >= 11 is 1.89. The summed E-state index contributed by atoms with van der Waals surface area (Å²) in [5, 5.41) is 6.69. The summed E-state index contributed by atoms with van der Waals surface area (Å²) in [6, 6.07) is 31.1. The Hall–Kier alpha value is -3.23. The highest BCUT2D eigenvalue weighted by Crippen LogP contribution is 2.44. The Morgan fingerprint density at radius 1 is 0.719 bits per heavy atom. The topological polar surface area (TPSA) is 12.9 Å². The van der Waals surface area contributed by atoms with Gasteiger partial charge in [-0.2, -0.15) is 0 Å². The summed E-state index contributed by atoms with van der Waals surface area (Å²) in [5.74, 6) is 0.631. The van der Waals surface area contributed by atoms with E-state index in [2.05, 4.69) is 84.9 Å². The smallest absolute Gasteiger partial charge is 0.0727 e. The van der Waals surface area contributed by atoms with Crippen molar-refractivity contribution in [2.24, 2.45) is 0 Å².